The summed E-state index contributed by atoms with van der Waals surface area (Å²) in [5.74, 6) is 0.864. The molecule has 0 N–H and O–H groups in total. The van der Waals surface area contributed by atoms with Crippen molar-refractivity contribution in [2.75, 3.05) is 37.7 Å². The molecule has 3 rings (SSSR count). The summed E-state index contributed by atoms with van der Waals surface area (Å²) in [5, 5.41) is 2.76. The number of benzene rings is 1. The number of amides is 1. The van der Waals surface area contributed by atoms with Crippen molar-refractivity contribution >= 4 is 43.9 Å². The van der Waals surface area contributed by atoms with Gasteiger partial charge in [-0.25, -0.2) is 4.98 Å². The first kappa shape index (κ1) is 20.8. The van der Waals surface area contributed by atoms with Crippen molar-refractivity contribution < 1.29 is 9.53 Å². The Morgan fingerprint density at radius 3 is 2.61 bits per heavy atom. The maximum absolute atomic E-state index is 13.1. The summed E-state index contributed by atoms with van der Waals surface area (Å²) in [6.07, 6.45) is 0.407. The quantitative estimate of drug-likeness (QED) is 0.481. The number of fused-ring (bicyclic) bond motifs is 1. The number of carbonyl (C=O) groups excluding carboxylic acids is 1. The predicted octanol–water partition coefficient (Wildman–Crippen LogP) is 4.67. The molecule has 0 radical (unpaired) electrons. The van der Waals surface area contributed by atoms with Crippen LogP contribution in [-0.4, -0.2) is 48.6 Å². The van der Waals surface area contributed by atoms with E-state index in [-0.39, 0.29) is 5.91 Å². The highest BCUT2D eigenvalue weighted by Crippen LogP contribution is 2.34. The highest BCUT2D eigenvalue weighted by atomic mass is 32.1. The Bertz CT molecular complexity index is 888. The van der Waals surface area contributed by atoms with Crippen LogP contribution in [0, 0.1) is 0 Å². The molecule has 0 aliphatic heterocycles. The number of likely N-dealkylation sites (N-methyl/N-ethyl adjacent to an activating group) is 1. The zero-order valence-corrected chi connectivity index (χ0v) is 18.3. The number of rotatable bonds is 10. The first-order valence-electron chi connectivity index (χ1n) is 9.73. The van der Waals surface area contributed by atoms with E-state index in [0.717, 1.165) is 45.6 Å². The van der Waals surface area contributed by atoms with Gasteiger partial charge in [-0.05, 0) is 43.6 Å². The van der Waals surface area contributed by atoms with E-state index in [1.807, 2.05) is 47.5 Å². The zero-order valence-electron chi connectivity index (χ0n) is 16.7. The molecule has 0 spiro atoms. The Hall–Kier alpha value is -1.96. The SMILES string of the molecule is CCOc1cccc2sc(N(CCN(CC)CC)C(=O)Cc3cccs3)nc12. The van der Waals surface area contributed by atoms with Gasteiger partial charge in [0.15, 0.2) is 5.13 Å². The van der Waals surface area contributed by atoms with E-state index >= 15 is 0 Å². The zero-order chi connectivity index (χ0) is 19.9. The van der Waals surface area contributed by atoms with E-state index in [1.54, 1.807) is 22.7 Å². The number of nitrogens with zero attached hydrogens (tertiary/aromatic N) is 3. The van der Waals surface area contributed by atoms with Crippen LogP contribution in [0.5, 0.6) is 5.75 Å². The molecule has 5 nitrogen and oxygen atoms in total. The van der Waals surface area contributed by atoms with Gasteiger partial charge in [0.2, 0.25) is 5.91 Å². The molecule has 1 aromatic carbocycles. The highest BCUT2D eigenvalue weighted by Gasteiger charge is 2.22. The Morgan fingerprint density at radius 2 is 1.93 bits per heavy atom. The normalized spacial score (nSPS) is 11.3. The standard InChI is InChI=1S/C21H27N3O2S2/c1-4-23(5-2)12-13-24(19(25)15-16-9-8-14-27-16)21-22-20-17(26-6-3)10-7-11-18(20)28-21/h7-11,14H,4-6,12-13,15H2,1-3H3. The van der Waals surface area contributed by atoms with Gasteiger partial charge in [0, 0.05) is 18.0 Å². The second kappa shape index (κ2) is 10.0. The number of para-hydroxylation sites is 1. The molecular weight excluding hydrogens is 390 g/mol. The molecule has 0 saturated carbocycles. The van der Waals surface area contributed by atoms with Crippen molar-refractivity contribution in [2.45, 2.75) is 27.2 Å². The van der Waals surface area contributed by atoms with Crippen LogP contribution < -0.4 is 9.64 Å². The second-order valence-electron chi connectivity index (χ2n) is 6.36. The summed E-state index contributed by atoms with van der Waals surface area (Å²) in [4.78, 5) is 23.2. The lowest BCUT2D eigenvalue weighted by atomic mass is 10.3. The first-order chi connectivity index (χ1) is 13.7. The summed E-state index contributed by atoms with van der Waals surface area (Å²) in [5.41, 5.74) is 0.834. The summed E-state index contributed by atoms with van der Waals surface area (Å²) in [6, 6.07) is 9.94. The van der Waals surface area contributed by atoms with Crippen molar-refractivity contribution in [2.24, 2.45) is 0 Å². The summed E-state index contributed by atoms with van der Waals surface area (Å²) < 4.78 is 6.76. The fraction of sp³-hybridized carbons (Fsp3) is 0.429. The molecule has 0 aliphatic carbocycles. The fourth-order valence-corrected chi connectivity index (χ4v) is 4.79. The number of carbonyl (C=O) groups is 1. The van der Waals surface area contributed by atoms with E-state index in [4.69, 9.17) is 9.72 Å². The first-order valence-corrected chi connectivity index (χ1v) is 11.4. The molecule has 0 saturated heterocycles. The van der Waals surface area contributed by atoms with Crippen LogP contribution in [0.15, 0.2) is 35.7 Å². The fourth-order valence-electron chi connectivity index (χ4n) is 3.06. The van der Waals surface area contributed by atoms with Crippen molar-refractivity contribution in [3.8, 4) is 5.75 Å². The maximum Gasteiger partial charge on any atom is 0.234 e. The molecule has 7 heteroatoms. The monoisotopic (exact) mass is 417 g/mol. The third-order valence-electron chi connectivity index (χ3n) is 4.64. The van der Waals surface area contributed by atoms with Gasteiger partial charge in [-0.2, -0.15) is 0 Å². The van der Waals surface area contributed by atoms with Crippen LogP contribution in [0.4, 0.5) is 5.13 Å². The maximum atomic E-state index is 13.1. The van der Waals surface area contributed by atoms with Gasteiger partial charge in [0.25, 0.3) is 0 Å². The number of aromatic nitrogens is 1. The van der Waals surface area contributed by atoms with Crippen LogP contribution in [0.25, 0.3) is 10.2 Å². The van der Waals surface area contributed by atoms with Gasteiger partial charge in [0.1, 0.15) is 11.3 Å². The van der Waals surface area contributed by atoms with Crippen molar-refractivity contribution in [3.63, 3.8) is 0 Å². The Kier molecular flexibility index (Phi) is 7.42. The van der Waals surface area contributed by atoms with E-state index in [1.165, 1.54) is 0 Å². The van der Waals surface area contributed by atoms with Crippen LogP contribution in [0.1, 0.15) is 25.6 Å². The summed E-state index contributed by atoms with van der Waals surface area (Å²) in [6.45, 7) is 10.3. The molecule has 0 unspecified atom stereocenters. The van der Waals surface area contributed by atoms with Gasteiger partial charge >= 0.3 is 0 Å². The molecule has 0 fully saturated rings. The van der Waals surface area contributed by atoms with E-state index in [2.05, 4.69) is 18.7 Å². The van der Waals surface area contributed by atoms with Crippen molar-refractivity contribution in [3.05, 3.63) is 40.6 Å². The third-order valence-corrected chi connectivity index (χ3v) is 6.56. The number of thiazole rings is 1. The minimum absolute atomic E-state index is 0.0895. The lowest BCUT2D eigenvalue weighted by Crippen LogP contribution is -2.39. The van der Waals surface area contributed by atoms with Crippen LogP contribution in [0.3, 0.4) is 0 Å². The predicted molar refractivity (Wildman–Crippen MR) is 119 cm³/mol. The number of hydrogen-bond donors (Lipinski definition) is 0. The van der Waals surface area contributed by atoms with Crippen LogP contribution >= 0.6 is 22.7 Å². The average Bonchev–Trinajstić information content (AvgIpc) is 3.35. The smallest absolute Gasteiger partial charge is 0.234 e. The molecule has 28 heavy (non-hydrogen) atoms. The lowest BCUT2D eigenvalue weighted by molar-refractivity contribution is -0.118. The van der Waals surface area contributed by atoms with Gasteiger partial charge < -0.3 is 9.64 Å². The molecule has 0 atom stereocenters. The summed E-state index contributed by atoms with van der Waals surface area (Å²) in [7, 11) is 0. The molecule has 3 aromatic rings. The lowest BCUT2D eigenvalue weighted by Gasteiger charge is -2.24. The Balaban J connectivity index is 1.89. The van der Waals surface area contributed by atoms with Crippen LogP contribution in [-0.2, 0) is 11.2 Å². The molecule has 150 valence electrons. The van der Waals surface area contributed by atoms with Crippen molar-refractivity contribution in [1.29, 1.82) is 0 Å². The number of ether oxygens (including phenoxy) is 1. The minimum atomic E-state index is 0.0895. The molecule has 0 aliphatic rings. The van der Waals surface area contributed by atoms with E-state index in [9.17, 15) is 4.79 Å². The number of thiophene rings is 1. The van der Waals surface area contributed by atoms with Gasteiger partial charge in [-0.3, -0.25) is 9.69 Å². The largest absolute Gasteiger partial charge is 0.492 e. The highest BCUT2D eigenvalue weighted by molar-refractivity contribution is 7.22. The Labute approximate surface area is 174 Å². The van der Waals surface area contributed by atoms with Crippen molar-refractivity contribution in [1.82, 2.24) is 9.88 Å². The molecule has 0 bridgehead atoms. The molecule has 2 heterocycles. The van der Waals surface area contributed by atoms with Gasteiger partial charge in [-0.15, -0.1) is 11.3 Å². The van der Waals surface area contributed by atoms with Gasteiger partial charge in [0.05, 0.1) is 17.7 Å². The molecular formula is C21H27N3O2S2. The minimum Gasteiger partial charge on any atom is -0.492 e. The molecule has 2 aromatic heterocycles. The number of hydrogen-bond acceptors (Lipinski definition) is 6. The topological polar surface area (TPSA) is 45.7 Å². The summed E-state index contributed by atoms with van der Waals surface area (Å²) >= 11 is 3.17. The van der Waals surface area contributed by atoms with Gasteiger partial charge in [-0.1, -0.05) is 37.3 Å². The second-order valence-corrected chi connectivity index (χ2v) is 8.40. The Morgan fingerprint density at radius 1 is 1.11 bits per heavy atom. The molecule has 1 amide bonds. The van der Waals surface area contributed by atoms with E-state index in [0.29, 0.717) is 19.6 Å². The third kappa shape index (κ3) is 4.90. The number of anilines is 1. The van der Waals surface area contributed by atoms with Crippen LogP contribution in [0.2, 0.25) is 0 Å². The van der Waals surface area contributed by atoms with E-state index < -0.39 is 0 Å². The average molecular weight is 418 g/mol.